The van der Waals surface area contributed by atoms with Crippen molar-refractivity contribution < 1.29 is 22.7 Å². The van der Waals surface area contributed by atoms with Gasteiger partial charge < -0.3 is 4.74 Å². The van der Waals surface area contributed by atoms with Crippen LogP contribution in [0, 0.1) is 29.3 Å². The van der Waals surface area contributed by atoms with Crippen LogP contribution in [0.3, 0.4) is 0 Å². The molecule has 1 aliphatic carbocycles. The first-order valence-electron chi connectivity index (χ1n) is 8.41. The van der Waals surface area contributed by atoms with E-state index in [1.165, 1.54) is 18.2 Å². The van der Waals surface area contributed by atoms with Crippen molar-refractivity contribution in [3.8, 4) is 5.75 Å². The van der Waals surface area contributed by atoms with E-state index in [-0.39, 0.29) is 28.4 Å². The number of carbonyl (C=O) groups excluding carboxylic acids is 1. The third-order valence-electron chi connectivity index (χ3n) is 4.73. The van der Waals surface area contributed by atoms with Crippen molar-refractivity contribution in [1.29, 1.82) is 0 Å². The van der Waals surface area contributed by atoms with Crippen LogP contribution in [-0.2, 0) is 4.79 Å². The summed E-state index contributed by atoms with van der Waals surface area (Å²) in [7, 11) is 0. The molecular weight excluding hydrogens is 329 g/mol. The number of rotatable bonds is 3. The third-order valence-corrected chi connectivity index (χ3v) is 4.73. The lowest BCUT2D eigenvalue weighted by atomic mass is 9.82. The maximum Gasteiger partial charge on any atom is 0.314 e. The number of hydrogen-bond acceptors (Lipinski definition) is 2. The van der Waals surface area contributed by atoms with Crippen LogP contribution in [0.1, 0.15) is 32.6 Å². The Kier molecular flexibility index (Phi) is 5.11. The van der Waals surface area contributed by atoms with Gasteiger partial charge in [0.2, 0.25) is 0 Å². The van der Waals surface area contributed by atoms with Gasteiger partial charge in [-0.15, -0.1) is 0 Å². The number of benzene rings is 2. The molecule has 1 fully saturated rings. The molecule has 0 amide bonds. The van der Waals surface area contributed by atoms with E-state index in [9.17, 15) is 18.0 Å². The fourth-order valence-electron chi connectivity index (χ4n) is 3.37. The highest BCUT2D eigenvalue weighted by Crippen LogP contribution is 2.32. The van der Waals surface area contributed by atoms with Gasteiger partial charge in [-0.1, -0.05) is 12.2 Å². The maximum absolute atomic E-state index is 13.7. The molecular formula is C20H19F3O2. The topological polar surface area (TPSA) is 26.3 Å². The molecule has 0 heterocycles. The van der Waals surface area contributed by atoms with Crippen LogP contribution in [0.4, 0.5) is 13.2 Å². The molecule has 0 spiro atoms. The molecule has 0 N–H and O–H groups in total. The van der Waals surface area contributed by atoms with Crippen LogP contribution in [0.15, 0.2) is 36.4 Å². The maximum atomic E-state index is 13.7. The fraction of sp³-hybridized carbons (Fsp3) is 0.350. The molecule has 0 aromatic heterocycles. The van der Waals surface area contributed by atoms with Gasteiger partial charge in [0.25, 0.3) is 0 Å². The van der Waals surface area contributed by atoms with Crippen LogP contribution in [-0.4, -0.2) is 5.97 Å². The second kappa shape index (κ2) is 7.30. The molecule has 2 aromatic rings. The van der Waals surface area contributed by atoms with Crippen molar-refractivity contribution in [2.45, 2.75) is 32.6 Å². The standard InChI is InChI=1S/C20H19F3O2/c1-2-3-12-4-6-13(7-5-12)20(24)25-15-8-9-16-14(10-15)11-17(21)19(23)18(16)22/h2-3,8-13H,4-7H2,1H3/b3-2+. The van der Waals surface area contributed by atoms with Gasteiger partial charge in [-0.05, 0) is 68.2 Å². The van der Waals surface area contributed by atoms with E-state index in [1.54, 1.807) is 0 Å². The predicted octanol–water partition coefficient (Wildman–Crippen LogP) is 5.55. The monoisotopic (exact) mass is 348 g/mol. The minimum atomic E-state index is -1.50. The molecule has 3 rings (SSSR count). The summed E-state index contributed by atoms with van der Waals surface area (Å²) in [5, 5.41) is 0.101. The van der Waals surface area contributed by atoms with E-state index in [0.29, 0.717) is 5.92 Å². The Morgan fingerprint density at radius 1 is 1.08 bits per heavy atom. The molecule has 132 valence electrons. The number of hydrogen-bond donors (Lipinski definition) is 0. The van der Waals surface area contributed by atoms with E-state index in [1.807, 2.05) is 13.0 Å². The van der Waals surface area contributed by atoms with E-state index in [2.05, 4.69) is 6.08 Å². The van der Waals surface area contributed by atoms with E-state index in [4.69, 9.17) is 4.74 Å². The smallest absolute Gasteiger partial charge is 0.314 e. The van der Waals surface area contributed by atoms with E-state index in [0.717, 1.165) is 31.7 Å². The van der Waals surface area contributed by atoms with Crippen molar-refractivity contribution in [3.63, 3.8) is 0 Å². The van der Waals surface area contributed by atoms with Gasteiger partial charge in [0.15, 0.2) is 17.5 Å². The van der Waals surface area contributed by atoms with Gasteiger partial charge in [0, 0.05) is 5.39 Å². The van der Waals surface area contributed by atoms with Gasteiger partial charge in [-0.3, -0.25) is 4.79 Å². The number of halogens is 3. The van der Waals surface area contributed by atoms with Gasteiger partial charge in [0.1, 0.15) is 5.75 Å². The lowest BCUT2D eigenvalue weighted by Crippen LogP contribution is -2.25. The Labute approximate surface area is 144 Å². The van der Waals surface area contributed by atoms with Crippen LogP contribution in [0.5, 0.6) is 5.75 Å². The molecule has 0 saturated heterocycles. The number of esters is 1. The molecule has 0 aliphatic heterocycles. The van der Waals surface area contributed by atoms with Crippen molar-refractivity contribution in [2.24, 2.45) is 11.8 Å². The number of allylic oxidation sites excluding steroid dienone is 2. The van der Waals surface area contributed by atoms with Gasteiger partial charge in [-0.2, -0.15) is 0 Å². The summed E-state index contributed by atoms with van der Waals surface area (Å²) in [5.74, 6) is -3.80. The zero-order chi connectivity index (χ0) is 18.0. The highest BCUT2D eigenvalue weighted by atomic mass is 19.2. The van der Waals surface area contributed by atoms with Crippen LogP contribution < -0.4 is 4.74 Å². The molecule has 1 saturated carbocycles. The average Bonchev–Trinajstić information content (AvgIpc) is 2.60. The minimum Gasteiger partial charge on any atom is -0.426 e. The summed E-state index contributed by atoms with van der Waals surface area (Å²) >= 11 is 0. The molecule has 0 unspecified atom stereocenters. The molecule has 1 aliphatic rings. The summed E-state index contributed by atoms with van der Waals surface area (Å²) in [6, 6.07) is 4.93. The molecule has 0 atom stereocenters. The predicted molar refractivity (Wildman–Crippen MR) is 89.7 cm³/mol. The SMILES string of the molecule is C/C=C/C1CCC(C(=O)Oc2ccc3c(F)c(F)c(F)cc3c2)CC1. The molecule has 0 radical (unpaired) electrons. The largest absolute Gasteiger partial charge is 0.426 e. The van der Waals surface area contributed by atoms with Crippen LogP contribution in [0.2, 0.25) is 0 Å². The third kappa shape index (κ3) is 3.70. The Hall–Kier alpha value is -2.30. The first-order chi connectivity index (χ1) is 12.0. The molecule has 25 heavy (non-hydrogen) atoms. The summed E-state index contributed by atoms with van der Waals surface area (Å²) in [4.78, 5) is 12.3. The zero-order valence-electron chi connectivity index (χ0n) is 13.9. The van der Waals surface area contributed by atoms with Crippen molar-refractivity contribution >= 4 is 16.7 Å². The Morgan fingerprint density at radius 2 is 1.80 bits per heavy atom. The Balaban J connectivity index is 1.73. The van der Waals surface area contributed by atoms with Crippen molar-refractivity contribution in [2.75, 3.05) is 0 Å². The molecule has 5 heteroatoms. The van der Waals surface area contributed by atoms with E-state index >= 15 is 0 Å². The number of fused-ring (bicyclic) bond motifs is 1. The first kappa shape index (κ1) is 17.5. The normalized spacial score (nSPS) is 21.0. The quantitative estimate of drug-likeness (QED) is 0.315. The Bertz CT molecular complexity index is 821. The number of ether oxygens (including phenoxy) is 1. The van der Waals surface area contributed by atoms with Crippen molar-refractivity contribution in [3.05, 3.63) is 53.9 Å². The highest BCUT2D eigenvalue weighted by molar-refractivity contribution is 5.85. The summed E-state index contributed by atoms with van der Waals surface area (Å²) in [5.41, 5.74) is 0. The highest BCUT2D eigenvalue weighted by Gasteiger charge is 2.26. The lowest BCUT2D eigenvalue weighted by molar-refractivity contribution is -0.140. The second-order valence-electron chi connectivity index (χ2n) is 6.43. The second-order valence-corrected chi connectivity index (χ2v) is 6.43. The number of carbonyl (C=O) groups is 1. The minimum absolute atomic E-state index is 0.0504. The summed E-state index contributed by atoms with van der Waals surface area (Å²) < 4.78 is 45.7. The zero-order valence-corrected chi connectivity index (χ0v) is 13.9. The van der Waals surface area contributed by atoms with E-state index < -0.39 is 17.5 Å². The summed E-state index contributed by atoms with van der Waals surface area (Å²) in [6.07, 6.45) is 7.59. The lowest BCUT2D eigenvalue weighted by Gasteiger charge is -2.25. The van der Waals surface area contributed by atoms with Gasteiger partial charge in [0.05, 0.1) is 5.92 Å². The fourth-order valence-corrected chi connectivity index (χ4v) is 3.37. The molecule has 0 bridgehead atoms. The van der Waals surface area contributed by atoms with Gasteiger partial charge in [-0.25, -0.2) is 13.2 Å². The average molecular weight is 348 g/mol. The van der Waals surface area contributed by atoms with Crippen LogP contribution in [0.25, 0.3) is 10.8 Å². The molecule has 2 nitrogen and oxygen atoms in total. The van der Waals surface area contributed by atoms with Crippen LogP contribution >= 0.6 is 0 Å². The summed E-state index contributed by atoms with van der Waals surface area (Å²) in [6.45, 7) is 1.98. The Morgan fingerprint density at radius 3 is 2.48 bits per heavy atom. The van der Waals surface area contributed by atoms with Crippen molar-refractivity contribution in [1.82, 2.24) is 0 Å². The first-order valence-corrected chi connectivity index (χ1v) is 8.41. The van der Waals surface area contributed by atoms with Gasteiger partial charge >= 0.3 is 5.97 Å². The molecule has 2 aromatic carbocycles.